The van der Waals surface area contributed by atoms with Crippen molar-refractivity contribution >= 4 is 33.1 Å². The number of phenolic OH excluding ortho intramolecular Hbond substituents is 1. The van der Waals surface area contributed by atoms with E-state index >= 15 is 0 Å². The SMILES string of the molecule is COc1cccc(CNc2ccc(S(=O)Nc3nc(C)cs3)cc2)c1O. The van der Waals surface area contributed by atoms with Crippen LogP contribution in [0.15, 0.2) is 52.7 Å². The Balaban J connectivity index is 1.62. The van der Waals surface area contributed by atoms with Crippen molar-refractivity contribution in [1.29, 1.82) is 0 Å². The minimum atomic E-state index is -1.36. The molecule has 1 atom stereocenters. The molecule has 3 aromatic rings. The lowest BCUT2D eigenvalue weighted by molar-refractivity contribution is 0.371. The molecule has 6 nitrogen and oxygen atoms in total. The number of methoxy groups -OCH3 is 1. The second-order valence-electron chi connectivity index (χ2n) is 5.51. The summed E-state index contributed by atoms with van der Waals surface area (Å²) in [5.74, 6) is 0.571. The summed E-state index contributed by atoms with van der Waals surface area (Å²) in [5, 5.41) is 15.9. The van der Waals surface area contributed by atoms with Crippen molar-refractivity contribution in [2.24, 2.45) is 0 Å². The van der Waals surface area contributed by atoms with Crippen molar-refractivity contribution < 1.29 is 14.1 Å². The number of hydrogen-bond donors (Lipinski definition) is 3. The van der Waals surface area contributed by atoms with Gasteiger partial charge < -0.3 is 15.2 Å². The van der Waals surface area contributed by atoms with Gasteiger partial charge in [0.1, 0.15) is 0 Å². The summed E-state index contributed by atoms with van der Waals surface area (Å²) in [7, 11) is 0.156. The fourth-order valence-electron chi connectivity index (χ4n) is 2.31. The smallest absolute Gasteiger partial charge is 0.195 e. The lowest BCUT2D eigenvalue weighted by Gasteiger charge is -2.11. The number of thiazole rings is 1. The standard InChI is InChI=1S/C18H19N3O3S2/c1-12-11-25-18(20-12)21-26(23)15-8-6-14(7-9-15)19-10-13-4-3-5-16(24-2)17(13)22/h3-9,11,19,22H,10H2,1-2H3,(H,20,21). The average molecular weight is 390 g/mol. The number of aromatic hydroxyl groups is 1. The first-order valence-electron chi connectivity index (χ1n) is 7.86. The van der Waals surface area contributed by atoms with Gasteiger partial charge in [-0.1, -0.05) is 12.1 Å². The van der Waals surface area contributed by atoms with E-state index < -0.39 is 11.0 Å². The molecule has 1 heterocycles. The number of ether oxygens (including phenoxy) is 1. The van der Waals surface area contributed by atoms with Gasteiger partial charge in [-0.2, -0.15) is 0 Å². The number of aromatic nitrogens is 1. The number of aryl methyl sites for hydroxylation is 1. The Morgan fingerprint density at radius 2 is 2.00 bits per heavy atom. The monoisotopic (exact) mass is 389 g/mol. The molecule has 136 valence electrons. The number of anilines is 2. The van der Waals surface area contributed by atoms with Gasteiger partial charge in [0.2, 0.25) is 0 Å². The molecule has 0 spiro atoms. The molecule has 0 amide bonds. The topological polar surface area (TPSA) is 83.5 Å². The first kappa shape index (κ1) is 18.2. The third-order valence-electron chi connectivity index (χ3n) is 3.65. The molecule has 0 bridgehead atoms. The van der Waals surface area contributed by atoms with Gasteiger partial charge in [0.25, 0.3) is 0 Å². The van der Waals surface area contributed by atoms with E-state index in [1.807, 2.05) is 36.6 Å². The summed E-state index contributed by atoms with van der Waals surface area (Å²) in [5.41, 5.74) is 2.49. The number of phenols is 1. The van der Waals surface area contributed by atoms with Crippen LogP contribution in [0, 0.1) is 6.92 Å². The van der Waals surface area contributed by atoms with Crippen molar-refractivity contribution in [3.8, 4) is 11.5 Å². The van der Waals surface area contributed by atoms with Gasteiger partial charge in [0.15, 0.2) is 27.6 Å². The van der Waals surface area contributed by atoms with E-state index in [2.05, 4.69) is 15.0 Å². The molecule has 2 aromatic carbocycles. The van der Waals surface area contributed by atoms with Gasteiger partial charge in [-0.05, 0) is 37.3 Å². The molecule has 0 fully saturated rings. The zero-order valence-electron chi connectivity index (χ0n) is 14.4. The van der Waals surface area contributed by atoms with Crippen molar-refractivity contribution in [2.45, 2.75) is 18.4 Å². The van der Waals surface area contributed by atoms with E-state index in [-0.39, 0.29) is 5.75 Å². The number of hydrogen-bond acceptors (Lipinski definition) is 6. The third kappa shape index (κ3) is 4.33. The average Bonchev–Trinajstić information content (AvgIpc) is 3.06. The molecule has 1 unspecified atom stereocenters. The third-order valence-corrected chi connectivity index (χ3v) is 5.74. The lowest BCUT2D eigenvalue weighted by atomic mass is 10.2. The predicted molar refractivity (Wildman–Crippen MR) is 105 cm³/mol. The summed E-state index contributed by atoms with van der Waals surface area (Å²) in [4.78, 5) is 4.91. The van der Waals surface area contributed by atoms with Gasteiger partial charge in [0, 0.05) is 23.2 Å². The van der Waals surface area contributed by atoms with E-state index in [0.717, 1.165) is 16.9 Å². The van der Waals surface area contributed by atoms with Crippen LogP contribution in [0.3, 0.4) is 0 Å². The van der Waals surface area contributed by atoms with Gasteiger partial charge in [-0.15, -0.1) is 11.3 Å². The van der Waals surface area contributed by atoms with E-state index in [0.29, 0.717) is 22.3 Å². The number of nitrogens with one attached hydrogen (secondary N) is 2. The maximum absolute atomic E-state index is 12.3. The maximum Gasteiger partial charge on any atom is 0.195 e. The molecule has 0 saturated heterocycles. The highest BCUT2D eigenvalue weighted by atomic mass is 32.2. The number of para-hydroxylation sites is 1. The normalized spacial score (nSPS) is 11.8. The zero-order valence-corrected chi connectivity index (χ0v) is 16.0. The Morgan fingerprint density at radius 1 is 1.23 bits per heavy atom. The highest BCUT2D eigenvalue weighted by molar-refractivity contribution is 7.86. The molecule has 26 heavy (non-hydrogen) atoms. The summed E-state index contributed by atoms with van der Waals surface area (Å²) >= 11 is 1.42. The van der Waals surface area contributed by atoms with Crippen LogP contribution >= 0.6 is 11.3 Å². The molecule has 0 aliphatic heterocycles. The van der Waals surface area contributed by atoms with Crippen LogP contribution in [-0.2, 0) is 17.5 Å². The minimum Gasteiger partial charge on any atom is -0.504 e. The van der Waals surface area contributed by atoms with E-state index in [4.69, 9.17) is 4.74 Å². The first-order chi connectivity index (χ1) is 12.6. The van der Waals surface area contributed by atoms with Crippen molar-refractivity contribution in [3.63, 3.8) is 0 Å². The van der Waals surface area contributed by atoms with Crippen LogP contribution in [0.4, 0.5) is 10.8 Å². The Kier molecular flexibility index (Phi) is 5.75. The van der Waals surface area contributed by atoms with E-state index in [1.54, 1.807) is 18.2 Å². The largest absolute Gasteiger partial charge is 0.504 e. The molecular weight excluding hydrogens is 370 g/mol. The van der Waals surface area contributed by atoms with Gasteiger partial charge in [-0.3, -0.25) is 4.72 Å². The molecule has 0 saturated carbocycles. The van der Waals surface area contributed by atoms with E-state index in [9.17, 15) is 9.32 Å². The van der Waals surface area contributed by atoms with Crippen molar-refractivity contribution in [2.75, 3.05) is 17.1 Å². The second-order valence-corrected chi connectivity index (χ2v) is 7.58. The Hall–Kier alpha value is -2.58. The summed E-state index contributed by atoms with van der Waals surface area (Å²) < 4.78 is 20.3. The highest BCUT2D eigenvalue weighted by Gasteiger charge is 2.08. The fraction of sp³-hybridized carbons (Fsp3) is 0.167. The molecule has 3 N–H and O–H groups in total. The van der Waals surface area contributed by atoms with Crippen LogP contribution in [0.2, 0.25) is 0 Å². The molecule has 8 heteroatoms. The predicted octanol–water partition coefficient (Wildman–Crippen LogP) is 3.91. The Morgan fingerprint density at radius 3 is 2.65 bits per heavy atom. The van der Waals surface area contributed by atoms with Gasteiger partial charge in [0.05, 0.1) is 17.7 Å². The number of benzene rings is 2. The Labute approximate surface area is 158 Å². The van der Waals surface area contributed by atoms with Crippen LogP contribution in [0.5, 0.6) is 11.5 Å². The minimum absolute atomic E-state index is 0.128. The molecule has 0 aliphatic rings. The van der Waals surface area contributed by atoms with E-state index in [1.165, 1.54) is 18.4 Å². The fourth-order valence-corrected chi connectivity index (χ4v) is 3.96. The van der Waals surface area contributed by atoms with Gasteiger partial charge >= 0.3 is 0 Å². The number of nitrogens with zero attached hydrogens (tertiary/aromatic N) is 1. The summed E-state index contributed by atoms with van der Waals surface area (Å²) in [6.45, 7) is 2.34. The van der Waals surface area contributed by atoms with Crippen molar-refractivity contribution in [1.82, 2.24) is 4.98 Å². The quantitative estimate of drug-likeness (QED) is 0.571. The van der Waals surface area contributed by atoms with Crippen molar-refractivity contribution in [3.05, 3.63) is 59.1 Å². The summed E-state index contributed by atoms with van der Waals surface area (Å²) in [6.07, 6.45) is 0. The molecule has 0 radical (unpaired) electrons. The second kappa shape index (κ2) is 8.20. The zero-order chi connectivity index (χ0) is 18.5. The molecule has 3 rings (SSSR count). The van der Waals surface area contributed by atoms with Crippen LogP contribution in [-0.4, -0.2) is 21.4 Å². The molecule has 0 aliphatic carbocycles. The van der Waals surface area contributed by atoms with Crippen LogP contribution < -0.4 is 14.8 Å². The number of rotatable bonds is 7. The van der Waals surface area contributed by atoms with Crippen LogP contribution in [0.1, 0.15) is 11.3 Å². The first-order valence-corrected chi connectivity index (χ1v) is 9.89. The molecule has 1 aromatic heterocycles. The Bertz CT molecular complexity index is 910. The van der Waals surface area contributed by atoms with Gasteiger partial charge in [-0.25, -0.2) is 9.19 Å². The lowest BCUT2D eigenvalue weighted by Crippen LogP contribution is -2.05. The molecular formula is C18H19N3O3S2. The summed E-state index contributed by atoms with van der Waals surface area (Å²) in [6, 6.07) is 12.6. The maximum atomic E-state index is 12.3. The highest BCUT2D eigenvalue weighted by Crippen LogP contribution is 2.29. The van der Waals surface area contributed by atoms with Crippen LogP contribution in [0.25, 0.3) is 0 Å².